The maximum Gasteiger partial charge on any atom is 0.417 e. The largest absolute Gasteiger partial charge is 0.480 e. The van der Waals surface area contributed by atoms with E-state index in [1.807, 2.05) is 0 Å². The standard InChI is InChI=1S/C16H12F3I2N3O3/c1-26-14(25)8-27-15-11(20)4-9(5-12(15)21)6-23-24-13-3-2-10(7-22-13)16(17,18)19/h2-7H,8H2,1H3,(H,22,24)/b23-6-. The molecule has 0 fully saturated rings. The number of aromatic nitrogens is 1. The van der Waals surface area contributed by atoms with Gasteiger partial charge in [-0.3, -0.25) is 5.43 Å². The van der Waals surface area contributed by atoms with E-state index in [-0.39, 0.29) is 12.4 Å². The summed E-state index contributed by atoms with van der Waals surface area (Å²) in [5.74, 6) is 0.248. The molecule has 0 unspecified atom stereocenters. The van der Waals surface area contributed by atoms with E-state index < -0.39 is 17.7 Å². The fourth-order valence-corrected chi connectivity index (χ4v) is 3.91. The van der Waals surface area contributed by atoms with Crippen LogP contribution < -0.4 is 10.2 Å². The minimum atomic E-state index is -4.43. The zero-order chi connectivity index (χ0) is 20.0. The molecule has 0 atom stereocenters. The Morgan fingerprint density at radius 2 is 1.96 bits per heavy atom. The molecule has 0 aliphatic rings. The Morgan fingerprint density at radius 3 is 2.48 bits per heavy atom. The molecule has 144 valence electrons. The lowest BCUT2D eigenvalue weighted by Crippen LogP contribution is -2.13. The number of alkyl halides is 3. The van der Waals surface area contributed by atoms with Gasteiger partial charge in [-0.1, -0.05) is 0 Å². The molecule has 2 rings (SSSR count). The summed E-state index contributed by atoms with van der Waals surface area (Å²) >= 11 is 4.12. The lowest BCUT2D eigenvalue weighted by Gasteiger charge is -2.10. The quantitative estimate of drug-likeness (QED) is 0.230. The summed E-state index contributed by atoms with van der Waals surface area (Å²) in [6, 6.07) is 5.67. The van der Waals surface area contributed by atoms with Crippen LogP contribution >= 0.6 is 45.2 Å². The van der Waals surface area contributed by atoms with Crippen molar-refractivity contribution in [1.29, 1.82) is 0 Å². The minimum absolute atomic E-state index is 0.182. The normalized spacial score (nSPS) is 11.5. The second kappa shape index (κ2) is 9.52. The van der Waals surface area contributed by atoms with Gasteiger partial charge < -0.3 is 9.47 Å². The molecule has 0 aliphatic heterocycles. The number of nitrogens with one attached hydrogen (secondary N) is 1. The lowest BCUT2D eigenvalue weighted by molar-refractivity contribution is -0.143. The fourth-order valence-electron chi connectivity index (χ4n) is 1.78. The number of rotatable bonds is 6. The summed E-state index contributed by atoms with van der Waals surface area (Å²) in [6.45, 7) is -0.197. The number of carbonyl (C=O) groups is 1. The number of nitrogens with zero attached hydrogens (tertiary/aromatic N) is 2. The predicted octanol–water partition coefficient (Wildman–Crippen LogP) is 4.31. The van der Waals surface area contributed by atoms with E-state index in [0.717, 1.165) is 25.0 Å². The van der Waals surface area contributed by atoms with Crippen molar-refractivity contribution in [3.8, 4) is 5.75 Å². The third-order valence-electron chi connectivity index (χ3n) is 3.07. The monoisotopic (exact) mass is 605 g/mol. The average Bonchev–Trinajstić information content (AvgIpc) is 2.60. The first kappa shape index (κ1) is 21.7. The first-order chi connectivity index (χ1) is 12.7. The Morgan fingerprint density at radius 1 is 1.30 bits per heavy atom. The van der Waals surface area contributed by atoms with E-state index >= 15 is 0 Å². The number of hydrazone groups is 1. The highest BCUT2D eigenvalue weighted by Gasteiger charge is 2.30. The van der Waals surface area contributed by atoms with E-state index in [2.05, 4.69) is 65.4 Å². The first-order valence-electron chi connectivity index (χ1n) is 7.21. The molecule has 11 heteroatoms. The van der Waals surface area contributed by atoms with Crippen molar-refractivity contribution in [2.24, 2.45) is 5.10 Å². The number of pyridine rings is 1. The molecular weight excluding hydrogens is 593 g/mol. The van der Waals surface area contributed by atoms with Crippen LogP contribution in [0.15, 0.2) is 35.6 Å². The van der Waals surface area contributed by atoms with Crippen molar-refractivity contribution in [1.82, 2.24) is 4.98 Å². The Kier molecular flexibility index (Phi) is 7.64. The van der Waals surface area contributed by atoms with Crippen molar-refractivity contribution >= 4 is 63.2 Å². The van der Waals surface area contributed by atoms with Gasteiger partial charge in [0.05, 0.1) is 26.0 Å². The smallest absolute Gasteiger partial charge is 0.417 e. The van der Waals surface area contributed by atoms with Crippen LogP contribution in [0.5, 0.6) is 5.75 Å². The Balaban J connectivity index is 2.03. The Labute approximate surface area is 179 Å². The van der Waals surface area contributed by atoms with Gasteiger partial charge in [-0.05, 0) is 75.0 Å². The van der Waals surface area contributed by atoms with Gasteiger partial charge in [0.25, 0.3) is 0 Å². The maximum absolute atomic E-state index is 12.5. The molecule has 0 aliphatic carbocycles. The topological polar surface area (TPSA) is 72.8 Å². The minimum Gasteiger partial charge on any atom is -0.480 e. The number of ether oxygens (including phenoxy) is 2. The van der Waals surface area contributed by atoms with Crippen molar-refractivity contribution < 1.29 is 27.4 Å². The predicted molar refractivity (Wildman–Crippen MR) is 110 cm³/mol. The Bertz CT molecular complexity index is 820. The molecule has 0 saturated heterocycles. The number of hydrogen-bond donors (Lipinski definition) is 1. The lowest BCUT2D eigenvalue weighted by atomic mass is 10.2. The molecule has 0 amide bonds. The number of carbonyl (C=O) groups excluding carboxylic acids is 1. The van der Waals surface area contributed by atoms with E-state index in [9.17, 15) is 18.0 Å². The molecule has 0 spiro atoms. The van der Waals surface area contributed by atoms with Crippen molar-refractivity contribution in [3.63, 3.8) is 0 Å². The number of benzene rings is 1. The van der Waals surface area contributed by atoms with Crippen LogP contribution in [0.1, 0.15) is 11.1 Å². The SMILES string of the molecule is COC(=O)COc1c(I)cc(/C=N\Nc2ccc(C(F)(F)F)cn2)cc1I. The molecular formula is C16H12F3I2N3O3. The van der Waals surface area contributed by atoms with Gasteiger partial charge in [0.15, 0.2) is 6.61 Å². The molecule has 6 nitrogen and oxygen atoms in total. The number of anilines is 1. The zero-order valence-electron chi connectivity index (χ0n) is 13.7. The number of hydrogen-bond acceptors (Lipinski definition) is 6. The van der Waals surface area contributed by atoms with Gasteiger partial charge in [0, 0.05) is 6.20 Å². The van der Waals surface area contributed by atoms with Crippen LogP contribution in [0.2, 0.25) is 0 Å². The van der Waals surface area contributed by atoms with Crippen LogP contribution in [0, 0.1) is 7.14 Å². The number of methoxy groups -OCH3 is 1. The fraction of sp³-hybridized carbons (Fsp3) is 0.188. The third kappa shape index (κ3) is 6.48. The van der Waals surface area contributed by atoms with Gasteiger partial charge in [0.1, 0.15) is 11.6 Å². The third-order valence-corrected chi connectivity index (χ3v) is 4.67. The van der Waals surface area contributed by atoms with Crippen molar-refractivity contribution in [2.45, 2.75) is 6.18 Å². The summed E-state index contributed by atoms with van der Waals surface area (Å²) in [4.78, 5) is 14.8. The summed E-state index contributed by atoms with van der Waals surface area (Å²) in [6.07, 6.45) is -2.20. The zero-order valence-corrected chi connectivity index (χ0v) is 18.0. The summed E-state index contributed by atoms with van der Waals surface area (Å²) in [7, 11) is 1.28. The van der Waals surface area contributed by atoms with E-state index in [1.54, 1.807) is 12.1 Å². The highest BCUT2D eigenvalue weighted by atomic mass is 127. The molecule has 1 aromatic heterocycles. The average molecular weight is 605 g/mol. The Hall–Kier alpha value is -1.64. The van der Waals surface area contributed by atoms with Crippen molar-refractivity contribution in [2.75, 3.05) is 19.1 Å². The molecule has 27 heavy (non-hydrogen) atoms. The summed E-state index contributed by atoms with van der Waals surface area (Å²) in [5.41, 5.74) is 2.47. The number of halogens is 5. The van der Waals surface area contributed by atoms with Gasteiger partial charge in [0.2, 0.25) is 0 Å². The van der Waals surface area contributed by atoms with E-state index in [0.29, 0.717) is 5.75 Å². The van der Waals surface area contributed by atoms with Crippen molar-refractivity contribution in [3.05, 3.63) is 48.7 Å². The molecule has 0 radical (unpaired) electrons. The molecule has 2 aromatic rings. The molecule has 0 bridgehead atoms. The molecule has 1 aromatic carbocycles. The van der Waals surface area contributed by atoms with Crippen LogP contribution in [0.3, 0.4) is 0 Å². The summed E-state index contributed by atoms with van der Waals surface area (Å²) < 4.78 is 49.0. The summed E-state index contributed by atoms with van der Waals surface area (Å²) in [5, 5.41) is 3.96. The molecule has 1 heterocycles. The van der Waals surface area contributed by atoms with Crippen LogP contribution in [0.25, 0.3) is 0 Å². The highest BCUT2D eigenvalue weighted by molar-refractivity contribution is 14.1. The van der Waals surface area contributed by atoms with Crippen LogP contribution in [-0.2, 0) is 15.7 Å². The van der Waals surface area contributed by atoms with Gasteiger partial charge in [-0.25, -0.2) is 9.78 Å². The van der Waals surface area contributed by atoms with Crippen LogP contribution in [0.4, 0.5) is 19.0 Å². The van der Waals surface area contributed by atoms with Gasteiger partial charge >= 0.3 is 12.1 Å². The molecule has 0 saturated carbocycles. The van der Waals surface area contributed by atoms with E-state index in [1.165, 1.54) is 19.4 Å². The maximum atomic E-state index is 12.5. The van der Waals surface area contributed by atoms with Gasteiger partial charge in [-0.15, -0.1) is 0 Å². The van der Waals surface area contributed by atoms with Gasteiger partial charge in [-0.2, -0.15) is 18.3 Å². The highest BCUT2D eigenvalue weighted by Crippen LogP contribution is 2.29. The van der Waals surface area contributed by atoms with Crippen LogP contribution in [-0.4, -0.2) is 30.9 Å². The number of esters is 1. The molecule has 1 N–H and O–H groups in total. The van der Waals surface area contributed by atoms with E-state index in [4.69, 9.17) is 4.74 Å². The second-order valence-electron chi connectivity index (χ2n) is 4.98. The second-order valence-corrected chi connectivity index (χ2v) is 7.30. The first-order valence-corrected chi connectivity index (χ1v) is 9.37.